The van der Waals surface area contributed by atoms with Gasteiger partial charge in [-0.3, -0.25) is 9.10 Å². The second kappa shape index (κ2) is 13.3. The van der Waals surface area contributed by atoms with Crippen molar-refractivity contribution in [3.05, 3.63) is 120 Å². The van der Waals surface area contributed by atoms with Crippen molar-refractivity contribution in [1.82, 2.24) is 5.43 Å². The highest BCUT2D eigenvalue weighted by Gasteiger charge is 2.29. The zero-order valence-corrected chi connectivity index (χ0v) is 22.3. The van der Waals surface area contributed by atoms with E-state index < -0.39 is 22.5 Å². The number of sulfonamides is 1. The molecule has 4 aromatic carbocycles. The van der Waals surface area contributed by atoms with Crippen LogP contribution in [0.2, 0.25) is 0 Å². The van der Waals surface area contributed by atoms with Crippen molar-refractivity contribution in [3.63, 3.8) is 0 Å². The lowest BCUT2D eigenvalue weighted by atomic mass is 10.2. The third-order valence-electron chi connectivity index (χ3n) is 5.58. The number of ether oxygens (including phenoxy) is 2. The lowest BCUT2D eigenvalue weighted by molar-refractivity contribution is -0.119. The summed E-state index contributed by atoms with van der Waals surface area (Å²) < 4.78 is 39.5. The fourth-order valence-electron chi connectivity index (χ4n) is 3.70. The molecule has 1 N–H and O–H groups in total. The molecule has 0 aliphatic heterocycles. The van der Waals surface area contributed by atoms with E-state index in [1.807, 2.05) is 42.5 Å². The lowest BCUT2D eigenvalue weighted by Gasteiger charge is -2.25. The molecule has 0 unspecified atom stereocenters. The summed E-state index contributed by atoms with van der Waals surface area (Å²) in [7, 11) is -4.07. The van der Waals surface area contributed by atoms with Crippen LogP contribution in [0, 0.1) is 0 Å². The fraction of sp³-hybridized carbons (Fsp3) is 0.133. The highest BCUT2D eigenvalue weighted by Crippen LogP contribution is 2.32. The normalized spacial score (nSPS) is 11.2. The Labute approximate surface area is 228 Å². The number of nitrogens with zero attached hydrogens (tertiary/aromatic N) is 2. The Bertz CT molecular complexity index is 1490. The largest absolute Gasteiger partial charge is 0.492 e. The van der Waals surface area contributed by atoms with Gasteiger partial charge in [0.05, 0.1) is 23.4 Å². The van der Waals surface area contributed by atoms with Crippen LogP contribution in [0.1, 0.15) is 18.1 Å². The number of hydrogen-bond acceptors (Lipinski definition) is 6. The van der Waals surface area contributed by atoms with Crippen LogP contribution in [0.4, 0.5) is 5.69 Å². The molecule has 4 aromatic rings. The van der Waals surface area contributed by atoms with Crippen LogP contribution in [0.15, 0.2) is 119 Å². The minimum absolute atomic E-state index is 0.0576. The van der Waals surface area contributed by atoms with Crippen LogP contribution in [0.25, 0.3) is 0 Å². The van der Waals surface area contributed by atoms with Crippen molar-refractivity contribution < 1.29 is 22.7 Å². The molecule has 39 heavy (non-hydrogen) atoms. The van der Waals surface area contributed by atoms with Gasteiger partial charge in [0, 0.05) is 0 Å². The number of carbonyl (C=O) groups is 1. The van der Waals surface area contributed by atoms with E-state index in [0.717, 1.165) is 15.4 Å². The topological polar surface area (TPSA) is 97.3 Å². The molecule has 0 saturated carbocycles. The molecule has 8 nitrogen and oxygen atoms in total. The van der Waals surface area contributed by atoms with E-state index in [2.05, 4.69) is 10.5 Å². The van der Waals surface area contributed by atoms with Crippen molar-refractivity contribution in [2.75, 3.05) is 17.5 Å². The summed E-state index contributed by atoms with van der Waals surface area (Å²) in [5.41, 5.74) is 4.48. The summed E-state index contributed by atoms with van der Waals surface area (Å²) >= 11 is 0. The van der Waals surface area contributed by atoms with Gasteiger partial charge in [0.2, 0.25) is 0 Å². The molecule has 0 spiro atoms. The molecular weight excluding hydrogens is 514 g/mol. The Morgan fingerprint density at radius 2 is 1.49 bits per heavy atom. The molecule has 4 rings (SSSR count). The first kappa shape index (κ1) is 27.4. The molecule has 9 heteroatoms. The zero-order chi connectivity index (χ0) is 27.5. The predicted molar refractivity (Wildman–Crippen MR) is 152 cm³/mol. The van der Waals surface area contributed by atoms with Crippen LogP contribution in [0.3, 0.4) is 0 Å². The number of benzene rings is 4. The highest BCUT2D eigenvalue weighted by molar-refractivity contribution is 7.92. The fourth-order valence-corrected chi connectivity index (χ4v) is 5.15. The van der Waals surface area contributed by atoms with Gasteiger partial charge in [-0.1, -0.05) is 60.7 Å². The molecule has 1 amide bonds. The SMILES string of the molecule is CCOc1ccccc1N(CC(=O)N/N=C\c1ccc(OCc2ccccc2)cc1)S(=O)(=O)c1ccccc1. The first-order valence-electron chi connectivity index (χ1n) is 12.4. The maximum atomic E-state index is 13.5. The summed E-state index contributed by atoms with van der Waals surface area (Å²) in [6, 6.07) is 31.7. The number of para-hydroxylation sites is 2. The summed E-state index contributed by atoms with van der Waals surface area (Å²) in [5.74, 6) is 0.444. The number of hydrazone groups is 1. The number of amides is 1. The molecular formula is C30H29N3O5S. The minimum Gasteiger partial charge on any atom is -0.492 e. The van der Waals surface area contributed by atoms with Gasteiger partial charge in [-0.2, -0.15) is 5.10 Å². The molecule has 0 bridgehead atoms. The molecule has 0 aliphatic carbocycles. The van der Waals surface area contributed by atoms with Crippen molar-refractivity contribution in [2.24, 2.45) is 5.10 Å². The Morgan fingerprint density at radius 3 is 2.18 bits per heavy atom. The molecule has 0 aliphatic rings. The lowest BCUT2D eigenvalue weighted by Crippen LogP contribution is -2.39. The number of rotatable bonds is 12. The smallest absolute Gasteiger partial charge is 0.264 e. The van der Waals surface area contributed by atoms with Gasteiger partial charge in [-0.25, -0.2) is 13.8 Å². The first-order valence-corrected chi connectivity index (χ1v) is 13.8. The Balaban J connectivity index is 1.44. The van der Waals surface area contributed by atoms with Gasteiger partial charge in [0.25, 0.3) is 15.9 Å². The standard InChI is InChI=1S/C30H29N3O5S/c1-2-37-29-16-10-9-15-28(29)33(39(35,36)27-13-7-4-8-14-27)22-30(34)32-31-21-24-17-19-26(20-18-24)38-23-25-11-5-3-6-12-25/h3-21H,2,22-23H2,1H3,(H,32,34)/b31-21-. The average Bonchev–Trinajstić information content (AvgIpc) is 2.97. The molecule has 200 valence electrons. The number of nitrogens with one attached hydrogen (secondary N) is 1. The Hall–Kier alpha value is -4.63. The second-order valence-electron chi connectivity index (χ2n) is 8.36. The van der Waals surface area contributed by atoms with Crippen molar-refractivity contribution in [3.8, 4) is 11.5 Å². The molecule has 0 radical (unpaired) electrons. The highest BCUT2D eigenvalue weighted by atomic mass is 32.2. The predicted octanol–water partition coefficient (Wildman–Crippen LogP) is 5.01. The quantitative estimate of drug-likeness (QED) is 0.200. The van der Waals surface area contributed by atoms with E-state index in [4.69, 9.17) is 9.47 Å². The van der Waals surface area contributed by atoms with Gasteiger partial charge in [-0.15, -0.1) is 0 Å². The summed E-state index contributed by atoms with van der Waals surface area (Å²) in [5, 5.41) is 4.01. The monoisotopic (exact) mass is 543 g/mol. The van der Waals surface area contributed by atoms with Gasteiger partial charge in [0.1, 0.15) is 24.7 Å². The van der Waals surface area contributed by atoms with E-state index >= 15 is 0 Å². The van der Waals surface area contributed by atoms with Crippen LogP contribution in [-0.4, -0.2) is 33.7 Å². The molecule has 0 aromatic heterocycles. The van der Waals surface area contributed by atoms with Gasteiger partial charge < -0.3 is 9.47 Å². The number of hydrogen-bond donors (Lipinski definition) is 1. The third-order valence-corrected chi connectivity index (χ3v) is 7.36. The van der Waals surface area contributed by atoms with Gasteiger partial charge >= 0.3 is 0 Å². The molecule has 0 heterocycles. The number of carbonyl (C=O) groups excluding carboxylic acids is 1. The summed E-state index contributed by atoms with van der Waals surface area (Å²) in [6.07, 6.45) is 1.48. The molecule has 0 saturated heterocycles. The Kier molecular flexibility index (Phi) is 9.31. The maximum absolute atomic E-state index is 13.5. The van der Waals surface area contributed by atoms with E-state index in [9.17, 15) is 13.2 Å². The molecule has 0 fully saturated rings. The Morgan fingerprint density at radius 1 is 0.846 bits per heavy atom. The van der Waals surface area contributed by atoms with Crippen molar-refractivity contribution in [2.45, 2.75) is 18.4 Å². The average molecular weight is 544 g/mol. The maximum Gasteiger partial charge on any atom is 0.264 e. The third kappa shape index (κ3) is 7.45. The number of anilines is 1. The second-order valence-corrected chi connectivity index (χ2v) is 10.2. The van der Waals surface area contributed by atoms with Gasteiger partial charge in [0.15, 0.2) is 0 Å². The first-order chi connectivity index (χ1) is 19.0. The molecule has 0 atom stereocenters. The van der Waals surface area contributed by atoms with Crippen molar-refractivity contribution in [1.29, 1.82) is 0 Å². The summed E-state index contributed by atoms with van der Waals surface area (Å²) in [6.45, 7) is 2.10. The van der Waals surface area contributed by atoms with Crippen molar-refractivity contribution >= 4 is 27.8 Å². The van der Waals surface area contributed by atoms with Crippen LogP contribution in [-0.2, 0) is 21.4 Å². The minimum atomic E-state index is -4.07. The zero-order valence-electron chi connectivity index (χ0n) is 21.4. The summed E-state index contributed by atoms with van der Waals surface area (Å²) in [4.78, 5) is 12.9. The van der Waals surface area contributed by atoms with Crippen LogP contribution < -0.4 is 19.2 Å². The van der Waals surface area contributed by atoms with E-state index in [0.29, 0.717) is 24.7 Å². The van der Waals surface area contributed by atoms with Crippen LogP contribution >= 0.6 is 0 Å². The van der Waals surface area contributed by atoms with E-state index in [-0.39, 0.29) is 10.6 Å². The van der Waals surface area contributed by atoms with Gasteiger partial charge in [-0.05, 0) is 66.6 Å². The van der Waals surface area contributed by atoms with E-state index in [1.165, 1.54) is 18.3 Å². The van der Waals surface area contributed by atoms with Crippen LogP contribution in [0.5, 0.6) is 11.5 Å². The van der Waals surface area contributed by atoms with E-state index in [1.54, 1.807) is 61.5 Å².